The number of pyridine rings is 1. The minimum Gasteiger partial charge on any atom is -0.256 e. The Balaban J connectivity index is 2.76. The van der Waals surface area contributed by atoms with Gasteiger partial charge in [0.2, 0.25) is 0 Å². The molecule has 0 aliphatic heterocycles. The van der Waals surface area contributed by atoms with Crippen LogP contribution in [-0.2, 0) is 0 Å². The molecule has 1 aromatic heterocycles. The Morgan fingerprint density at radius 1 is 1.23 bits per heavy atom. The molecule has 0 aliphatic rings. The van der Waals surface area contributed by atoms with E-state index in [0.717, 1.165) is 5.52 Å². The van der Waals surface area contributed by atoms with Crippen LogP contribution in [0.4, 0.5) is 0 Å². The van der Waals surface area contributed by atoms with E-state index >= 15 is 0 Å². The average Bonchev–Trinajstić information content (AvgIpc) is 2.17. The number of rotatable bonds is 1. The van der Waals surface area contributed by atoms with E-state index in [9.17, 15) is 0 Å². The molecule has 0 bridgehead atoms. The average molecular weight is 184 g/mol. The number of aromatic nitrogens is 1. The van der Waals surface area contributed by atoms with Crippen molar-refractivity contribution in [2.24, 2.45) is 0 Å². The lowest BCUT2D eigenvalue weighted by Gasteiger charge is -2.07. The van der Waals surface area contributed by atoms with Crippen LogP contribution >= 0.6 is 0 Å². The van der Waals surface area contributed by atoms with Crippen LogP contribution in [0.15, 0.2) is 36.5 Å². The van der Waals surface area contributed by atoms with Gasteiger partial charge >= 0.3 is 0 Å². The quantitative estimate of drug-likeness (QED) is 0.620. The van der Waals surface area contributed by atoms with E-state index in [2.05, 4.69) is 34.3 Å². The van der Waals surface area contributed by atoms with E-state index in [4.69, 9.17) is 0 Å². The van der Waals surface area contributed by atoms with Crippen LogP contribution < -0.4 is 0 Å². The van der Waals surface area contributed by atoms with Crippen molar-refractivity contribution in [3.05, 3.63) is 42.1 Å². The molecule has 0 fully saturated rings. The molecule has 1 heterocycles. The molecule has 0 spiro atoms. The summed E-state index contributed by atoms with van der Waals surface area (Å²) in [6, 6.07) is 10.3. The Kier molecular flexibility index (Phi) is 2.15. The van der Waals surface area contributed by atoms with Crippen molar-refractivity contribution in [1.29, 1.82) is 0 Å². The minimum atomic E-state index is 0.368. The topological polar surface area (TPSA) is 12.9 Å². The fourth-order valence-corrected chi connectivity index (χ4v) is 1.75. The van der Waals surface area contributed by atoms with Crippen molar-refractivity contribution in [3.63, 3.8) is 0 Å². The van der Waals surface area contributed by atoms with Crippen molar-refractivity contribution in [2.75, 3.05) is 0 Å². The molecule has 0 aliphatic carbocycles. The van der Waals surface area contributed by atoms with Gasteiger partial charge in [0.05, 0.1) is 5.52 Å². The molecule has 1 aromatic carbocycles. The van der Waals surface area contributed by atoms with Gasteiger partial charge in [-0.1, -0.05) is 25.1 Å². The van der Waals surface area contributed by atoms with Crippen LogP contribution in [0.1, 0.15) is 18.0 Å². The summed E-state index contributed by atoms with van der Waals surface area (Å²) in [6.45, 7) is 2.12. The zero-order valence-electron chi connectivity index (χ0n) is 7.49. The second kappa shape index (κ2) is 3.30. The van der Waals surface area contributed by atoms with Crippen molar-refractivity contribution >= 4 is 21.1 Å². The van der Waals surface area contributed by atoms with E-state index in [1.165, 1.54) is 10.9 Å². The molecular formula is C11H10NSi. The highest BCUT2D eigenvalue weighted by Crippen LogP contribution is 2.21. The van der Waals surface area contributed by atoms with Gasteiger partial charge in [0.1, 0.15) is 0 Å². The fourth-order valence-electron chi connectivity index (χ4n) is 1.50. The largest absolute Gasteiger partial charge is 0.256 e. The number of para-hydroxylation sites is 1. The summed E-state index contributed by atoms with van der Waals surface area (Å²) in [6.07, 6.45) is 1.86. The van der Waals surface area contributed by atoms with Crippen molar-refractivity contribution in [2.45, 2.75) is 12.5 Å². The minimum absolute atomic E-state index is 0.368. The second-order valence-corrected chi connectivity index (χ2v) is 4.01. The van der Waals surface area contributed by atoms with E-state index in [1.54, 1.807) is 0 Å². The Morgan fingerprint density at radius 2 is 2.00 bits per heavy atom. The number of fused-ring (bicyclic) bond motifs is 1. The van der Waals surface area contributed by atoms with E-state index in [-0.39, 0.29) is 0 Å². The Bertz CT molecular complexity index is 418. The van der Waals surface area contributed by atoms with Crippen LogP contribution in [-0.4, -0.2) is 15.2 Å². The van der Waals surface area contributed by atoms with E-state index < -0.39 is 0 Å². The van der Waals surface area contributed by atoms with Gasteiger partial charge in [-0.25, -0.2) is 0 Å². The first-order valence-electron chi connectivity index (χ1n) is 4.34. The molecule has 0 saturated heterocycles. The Morgan fingerprint density at radius 3 is 2.77 bits per heavy atom. The normalized spacial score (nSPS) is 13.1. The van der Waals surface area contributed by atoms with Gasteiger partial charge in [-0.3, -0.25) is 4.98 Å². The third-order valence-corrected chi connectivity index (χ3v) is 2.46. The maximum Gasteiger partial charge on any atom is 0.0704 e. The van der Waals surface area contributed by atoms with Crippen molar-refractivity contribution in [1.82, 2.24) is 4.98 Å². The lowest BCUT2D eigenvalue weighted by Crippen LogP contribution is -1.94. The van der Waals surface area contributed by atoms with Gasteiger partial charge in [0, 0.05) is 21.8 Å². The predicted molar refractivity (Wildman–Crippen MR) is 55.9 cm³/mol. The lowest BCUT2D eigenvalue weighted by atomic mass is 10.1. The molecule has 1 nitrogen and oxygen atoms in total. The lowest BCUT2D eigenvalue weighted by molar-refractivity contribution is 1.09. The number of hydrogen-bond acceptors (Lipinski definition) is 1. The van der Waals surface area contributed by atoms with Gasteiger partial charge in [-0.05, 0) is 23.2 Å². The third kappa shape index (κ3) is 1.49. The molecule has 2 rings (SSSR count). The second-order valence-electron chi connectivity index (χ2n) is 3.14. The first-order valence-corrected chi connectivity index (χ1v) is 4.91. The van der Waals surface area contributed by atoms with Gasteiger partial charge in [0.15, 0.2) is 0 Å². The molecule has 0 amide bonds. The summed E-state index contributed by atoms with van der Waals surface area (Å²) in [5.41, 5.74) is 2.72. The molecule has 13 heavy (non-hydrogen) atoms. The highest BCUT2D eigenvalue weighted by atomic mass is 28.1. The number of benzene rings is 1. The van der Waals surface area contributed by atoms with Crippen molar-refractivity contribution in [3.8, 4) is 0 Å². The maximum atomic E-state index is 4.30. The summed E-state index contributed by atoms with van der Waals surface area (Å²) >= 11 is 0. The molecule has 0 saturated carbocycles. The molecule has 1 atom stereocenters. The molecule has 1 unspecified atom stereocenters. The van der Waals surface area contributed by atoms with Gasteiger partial charge in [-0.15, -0.1) is 0 Å². The van der Waals surface area contributed by atoms with Crippen LogP contribution in [0.3, 0.4) is 0 Å². The third-order valence-electron chi connectivity index (χ3n) is 2.15. The van der Waals surface area contributed by atoms with Gasteiger partial charge in [-0.2, -0.15) is 0 Å². The molecule has 0 N–H and O–H groups in total. The first-order chi connectivity index (χ1) is 6.29. The monoisotopic (exact) mass is 184 g/mol. The summed E-state index contributed by atoms with van der Waals surface area (Å²) < 4.78 is 0. The van der Waals surface area contributed by atoms with Crippen LogP contribution in [0, 0.1) is 0 Å². The molecule has 63 valence electrons. The van der Waals surface area contributed by atoms with E-state index in [0.29, 0.717) is 5.54 Å². The Labute approximate surface area is 81.2 Å². The maximum absolute atomic E-state index is 4.30. The SMILES string of the molecule is CC([Si])c1ccnc2ccccc12. The van der Waals surface area contributed by atoms with E-state index in [1.807, 2.05) is 24.4 Å². The highest BCUT2D eigenvalue weighted by Gasteiger charge is 2.03. The van der Waals surface area contributed by atoms with Crippen LogP contribution in [0.5, 0.6) is 0 Å². The first kappa shape index (κ1) is 8.45. The number of hydrogen-bond donors (Lipinski definition) is 0. The summed E-state index contributed by atoms with van der Waals surface area (Å²) in [5.74, 6) is 0. The molecular weight excluding hydrogens is 174 g/mol. The number of nitrogens with zero attached hydrogens (tertiary/aromatic N) is 1. The molecule has 3 radical (unpaired) electrons. The summed E-state index contributed by atoms with van der Waals surface area (Å²) in [5, 5.41) is 1.23. The van der Waals surface area contributed by atoms with Crippen LogP contribution in [0.2, 0.25) is 0 Å². The van der Waals surface area contributed by atoms with Crippen LogP contribution in [0.25, 0.3) is 10.9 Å². The molecule has 2 aromatic rings. The summed E-state index contributed by atoms with van der Waals surface area (Å²) in [7, 11) is 3.63. The van der Waals surface area contributed by atoms with Gasteiger partial charge < -0.3 is 0 Å². The Hall–Kier alpha value is -1.15. The fraction of sp³-hybridized carbons (Fsp3) is 0.182. The smallest absolute Gasteiger partial charge is 0.0704 e. The van der Waals surface area contributed by atoms with Gasteiger partial charge in [0.25, 0.3) is 0 Å². The molecule has 2 heteroatoms. The predicted octanol–water partition coefficient (Wildman–Crippen LogP) is 2.46. The standard InChI is InChI=1S/C11H10NSi/c1-8(13)9-6-7-12-11-5-3-2-4-10(9)11/h2-8H,1H3. The van der Waals surface area contributed by atoms with Crippen molar-refractivity contribution < 1.29 is 0 Å². The zero-order chi connectivity index (χ0) is 9.26. The highest BCUT2D eigenvalue weighted by molar-refractivity contribution is 6.13. The summed E-state index contributed by atoms with van der Waals surface area (Å²) in [4.78, 5) is 4.30. The zero-order valence-corrected chi connectivity index (χ0v) is 8.49.